The van der Waals surface area contributed by atoms with Gasteiger partial charge in [0.1, 0.15) is 0 Å². The van der Waals surface area contributed by atoms with Crippen molar-refractivity contribution in [2.45, 2.75) is 20.3 Å². The number of hydroxylamine groups is 1. The van der Waals surface area contributed by atoms with E-state index in [9.17, 15) is 4.79 Å². The van der Waals surface area contributed by atoms with Crippen LogP contribution in [0.4, 0.5) is 10.5 Å². The van der Waals surface area contributed by atoms with Gasteiger partial charge in [0.15, 0.2) is 0 Å². The number of anilines is 1. The molecule has 1 aromatic carbocycles. The van der Waals surface area contributed by atoms with Crippen LogP contribution < -0.4 is 5.06 Å². The topological polar surface area (TPSA) is 38.8 Å². The lowest BCUT2D eigenvalue weighted by Gasteiger charge is -2.21. The van der Waals surface area contributed by atoms with E-state index in [1.165, 1.54) is 14.2 Å². The molecule has 0 bridgehead atoms. The van der Waals surface area contributed by atoms with Gasteiger partial charge in [0.05, 0.1) is 19.9 Å². The Morgan fingerprint density at radius 2 is 2.06 bits per heavy atom. The second kappa shape index (κ2) is 5.51. The van der Waals surface area contributed by atoms with Crippen molar-refractivity contribution >= 4 is 11.8 Å². The first-order chi connectivity index (χ1) is 7.63. The molecule has 0 saturated carbocycles. The summed E-state index contributed by atoms with van der Waals surface area (Å²) in [6, 6.07) is 5.90. The molecule has 1 amide bonds. The number of carbonyl (C=O) groups is 1. The molecule has 1 rings (SSSR count). The van der Waals surface area contributed by atoms with E-state index in [0.29, 0.717) is 0 Å². The minimum absolute atomic E-state index is 0.525. The summed E-state index contributed by atoms with van der Waals surface area (Å²) in [4.78, 5) is 16.5. The van der Waals surface area contributed by atoms with Crippen LogP contribution in [0.5, 0.6) is 0 Å². The van der Waals surface area contributed by atoms with Crippen molar-refractivity contribution in [2.24, 2.45) is 0 Å². The Morgan fingerprint density at radius 3 is 2.56 bits per heavy atom. The van der Waals surface area contributed by atoms with Gasteiger partial charge in [-0.2, -0.15) is 5.06 Å². The fourth-order valence-corrected chi connectivity index (χ4v) is 1.52. The van der Waals surface area contributed by atoms with E-state index in [1.807, 2.05) is 32.0 Å². The summed E-state index contributed by atoms with van der Waals surface area (Å²) in [5.74, 6) is 0. The Labute approximate surface area is 95.7 Å². The van der Waals surface area contributed by atoms with Crippen LogP contribution in [0.3, 0.4) is 0 Å². The average Bonchev–Trinajstić information content (AvgIpc) is 2.30. The van der Waals surface area contributed by atoms with E-state index in [1.54, 1.807) is 0 Å². The first kappa shape index (κ1) is 12.5. The monoisotopic (exact) mass is 223 g/mol. The maximum atomic E-state index is 11.5. The lowest BCUT2D eigenvalue weighted by Crippen LogP contribution is -2.30. The minimum Gasteiger partial charge on any atom is -0.451 e. The summed E-state index contributed by atoms with van der Waals surface area (Å²) in [6.07, 6.45) is 0.301. The van der Waals surface area contributed by atoms with Gasteiger partial charge in [0.25, 0.3) is 0 Å². The molecular weight excluding hydrogens is 206 g/mol. The zero-order valence-corrected chi connectivity index (χ0v) is 10.1. The van der Waals surface area contributed by atoms with Crippen LogP contribution >= 0.6 is 0 Å². The molecule has 0 atom stereocenters. The molecule has 0 spiro atoms. The van der Waals surface area contributed by atoms with Crippen LogP contribution in [-0.2, 0) is 16.0 Å². The highest BCUT2D eigenvalue weighted by Crippen LogP contribution is 2.23. The zero-order valence-electron chi connectivity index (χ0n) is 10.1. The van der Waals surface area contributed by atoms with E-state index in [2.05, 4.69) is 4.74 Å². The lowest BCUT2D eigenvalue weighted by molar-refractivity contribution is 0.115. The van der Waals surface area contributed by atoms with E-state index in [4.69, 9.17) is 4.84 Å². The molecule has 0 aliphatic rings. The number of rotatable bonds is 3. The number of methoxy groups -OCH3 is 1. The van der Waals surface area contributed by atoms with E-state index in [-0.39, 0.29) is 0 Å². The van der Waals surface area contributed by atoms with Crippen molar-refractivity contribution in [3.8, 4) is 0 Å². The number of amides is 1. The summed E-state index contributed by atoms with van der Waals surface area (Å²) in [5.41, 5.74) is 2.84. The Hall–Kier alpha value is -1.55. The van der Waals surface area contributed by atoms with Crippen LogP contribution in [-0.4, -0.2) is 20.3 Å². The maximum Gasteiger partial charge on any atom is 0.438 e. The van der Waals surface area contributed by atoms with Crippen molar-refractivity contribution in [1.29, 1.82) is 0 Å². The first-order valence-corrected chi connectivity index (χ1v) is 5.15. The molecule has 0 aromatic heterocycles. The molecule has 0 fully saturated rings. The number of ether oxygens (including phenoxy) is 1. The molecule has 0 aliphatic carbocycles. The summed E-state index contributed by atoms with van der Waals surface area (Å²) < 4.78 is 4.66. The Morgan fingerprint density at radius 1 is 1.38 bits per heavy atom. The molecule has 4 heteroatoms. The number of nitrogens with zero attached hydrogens (tertiary/aromatic N) is 1. The van der Waals surface area contributed by atoms with Crippen LogP contribution in [0.15, 0.2) is 18.2 Å². The van der Waals surface area contributed by atoms with Crippen LogP contribution in [0.1, 0.15) is 18.1 Å². The van der Waals surface area contributed by atoms with Gasteiger partial charge in [-0.25, -0.2) is 4.79 Å². The van der Waals surface area contributed by atoms with E-state index in [0.717, 1.165) is 28.3 Å². The summed E-state index contributed by atoms with van der Waals surface area (Å²) in [7, 11) is 2.77. The third-order valence-electron chi connectivity index (χ3n) is 2.36. The second-order valence-corrected chi connectivity index (χ2v) is 3.43. The first-order valence-electron chi connectivity index (χ1n) is 5.15. The standard InChI is InChI=1S/C12H17NO3/c1-5-10-7-6-9(2)8-11(10)13(16-4)12(14)15-3/h6-8H,5H2,1-4H3. The van der Waals surface area contributed by atoms with Crippen molar-refractivity contribution in [3.63, 3.8) is 0 Å². The predicted molar refractivity (Wildman–Crippen MR) is 62.5 cm³/mol. The van der Waals surface area contributed by atoms with Crippen molar-refractivity contribution in [3.05, 3.63) is 29.3 Å². The number of hydrogen-bond acceptors (Lipinski definition) is 3. The van der Waals surface area contributed by atoms with Crippen LogP contribution in [0.2, 0.25) is 0 Å². The molecule has 0 N–H and O–H groups in total. The molecule has 4 nitrogen and oxygen atoms in total. The molecule has 0 heterocycles. The van der Waals surface area contributed by atoms with Gasteiger partial charge in [-0.1, -0.05) is 19.1 Å². The lowest BCUT2D eigenvalue weighted by atomic mass is 10.1. The highest BCUT2D eigenvalue weighted by molar-refractivity contribution is 5.86. The van der Waals surface area contributed by atoms with Gasteiger partial charge < -0.3 is 4.74 Å². The zero-order chi connectivity index (χ0) is 12.1. The van der Waals surface area contributed by atoms with E-state index < -0.39 is 6.09 Å². The highest BCUT2D eigenvalue weighted by Gasteiger charge is 2.18. The molecule has 0 saturated heterocycles. The van der Waals surface area contributed by atoms with Gasteiger partial charge in [0.2, 0.25) is 0 Å². The smallest absolute Gasteiger partial charge is 0.438 e. The van der Waals surface area contributed by atoms with Gasteiger partial charge >= 0.3 is 6.09 Å². The van der Waals surface area contributed by atoms with Crippen LogP contribution in [0, 0.1) is 6.92 Å². The minimum atomic E-state index is -0.525. The third-order valence-corrected chi connectivity index (χ3v) is 2.36. The molecule has 0 unspecified atom stereocenters. The van der Waals surface area contributed by atoms with Crippen molar-refractivity contribution in [2.75, 3.05) is 19.3 Å². The number of aryl methyl sites for hydroxylation is 2. The Kier molecular flexibility index (Phi) is 4.31. The fraction of sp³-hybridized carbons (Fsp3) is 0.417. The predicted octanol–water partition coefficient (Wildman–Crippen LogP) is 2.69. The Balaban J connectivity index is 3.17. The third kappa shape index (κ3) is 2.52. The van der Waals surface area contributed by atoms with Gasteiger partial charge in [-0.05, 0) is 30.5 Å². The fourth-order valence-electron chi connectivity index (χ4n) is 1.52. The highest BCUT2D eigenvalue weighted by atomic mass is 16.7. The Bertz CT molecular complexity index is 377. The van der Waals surface area contributed by atoms with Crippen molar-refractivity contribution in [1.82, 2.24) is 0 Å². The number of hydrogen-bond donors (Lipinski definition) is 0. The van der Waals surface area contributed by atoms with E-state index >= 15 is 0 Å². The van der Waals surface area contributed by atoms with Gasteiger partial charge in [-0.3, -0.25) is 4.84 Å². The summed E-state index contributed by atoms with van der Waals surface area (Å²) >= 11 is 0. The molecule has 16 heavy (non-hydrogen) atoms. The SMILES string of the molecule is CCc1ccc(C)cc1N(OC)C(=O)OC. The molecular formula is C12H17NO3. The molecule has 0 aliphatic heterocycles. The molecule has 88 valence electrons. The molecule has 1 aromatic rings. The largest absolute Gasteiger partial charge is 0.451 e. The van der Waals surface area contributed by atoms with Crippen LogP contribution in [0.25, 0.3) is 0 Å². The van der Waals surface area contributed by atoms with Gasteiger partial charge in [0, 0.05) is 0 Å². The quantitative estimate of drug-likeness (QED) is 0.739. The summed E-state index contributed by atoms with van der Waals surface area (Å²) in [6.45, 7) is 3.99. The summed E-state index contributed by atoms with van der Waals surface area (Å²) in [5, 5.41) is 1.16. The number of benzene rings is 1. The second-order valence-electron chi connectivity index (χ2n) is 3.43. The average molecular weight is 223 g/mol. The number of carbonyl (C=O) groups excluding carboxylic acids is 1. The van der Waals surface area contributed by atoms with Crippen molar-refractivity contribution < 1.29 is 14.4 Å². The van der Waals surface area contributed by atoms with Gasteiger partial charge in [-0.15, -0.1) is 0 Å². The maximum absolute atomic E-state index is 11.5. The normalized spacial score (nSPS) is 10.0. The molecule has 0 radical (unpaired) electrons.